The van der Waals surface area contributed by atoms with Crippen LogP contribution in [0.15, 0.2) is 24.4 Å². The molecule has 4 rings (SSSR count). The molecule has 8 nitrogen and oxygen atoms in total. The summed E-state index contributed by atoms with van der Waals surface area (Å²) in [5.41, 5.74) is 2.66. The van der Waals surface area contributed by atoms with E-state index in [4.69, 9.17) is 4.74 Å². The van der Waals surface area contributed by atoms with Crippen LogP contribution in [0.2, 0.25) is 0 Å². The number of nitrogens with zero attached hydrogens (tertiary/aromatic N) is 3. The van der Waals surface area contributed by atoms with Gasteiger partial charge in [0.05, 0.1) is 18.1 Å². The van der Waals surface area contributed by atoms with Crippen LogP contribution in [0.3, 0.4) is 0 Å². The lowest BCUT2D eigenvalue weighted by Gasteiger charge is -2.30. The molecule has 0 fully saturated rings. The molecule has 1 aliphatic heterocycles. The molecule has 0 unspecified atom stereocenters. The van der Waals surface area contributed by atoms with Crippen molar-refractivity contribution in [3.8, 4) is 5.75 Å². The van der Waals surface area contributed by atoms with Gasteiger partial charge in [-0.05, 0) is 37.1 Å². The van der Waals surface area contributed by atoms with E-state index >= 15 is 0 Å². The number of carboxylic acid groups (broad SMARTS) is 1. The van der Waals surface area contributed by atoms with E-state index < -0.39 is 5.97 Å². The molecule has 1 aromatic carbocycles. The number of benzene rings is 1. The van der Waals surface area contributed by atoms with Crippen molar-refractivity contribution in [3.05, 3.63) is 52.6 Å². The maximum absolute atomic E-state index is 13.2. The first-order chi connectivity index (χ1) is 13.0. The van der Waals surface area contributed by atoms with Crippen LogP contribution in [0.5, 0.6) is 5.75 Å². The Morgan fingerprint density at radius 3 is 2.78 bits per heavy atom. The predicted octanol–water partition coefficient (Wildman–Crippen LogP) is 2.17. The summed E-state index contributed by atoms with van der Waals surface area (Å²) in [6, 6.07) is 4.97. The minimum atomic E-state index is -0.978. The summed E-state index contributed by atoms with van der Waals surface area (Å²) in [6.07, 6.45) is 2.17. The maximum atomic E-state index is 13.2. The van der Waals surface area contributed by atoms with Gasteiger partial charge >= 0.3 is 5.97 Å². The van der Waals surface area contributed by atoms with Crippen molar-refractivity contribution in [2.45, 2.75) is 19.9 Å². The Labute approximate surface area is 154 Å². The molecule has 0 radical (unpaired) electrons. The van der Waals surface area contributed by atoms with Crippen molar-refractivity contribution in [3.63, 3.8) is 0 Å². The lowest BCUT2D eigenvalue weighted by molar-refractivity contribution is 0.0693. The van der Waals surface area contributed by atoms with E-state index in [2.05, 4.69) is 15.0 Å². The van der Waals surface area contributed by atoms with Gasteiger partial charge in [-0.25, -0.2) is 14.8 Å². The number of hydrogen-bond acceptors (Lipinski definition) is 5. The first-order valence-electron chi connectivity index (χ1n) is 8.52. The van der Waals surface area contributed by atoms with Gasteiger partial charge in [-0.1, -0.05) is 0 Å². The van der Waals surface area contributed by atoms with E-state index in [9.17, 15) is 14.7 Å². The van der Waals surface area contributed by atoms with Gasteiger partial charge in [-0.3, -0.25) is 4.79 Å². The molecule has 0 saturated carbocycles. The van der Waals surface area contributed by atoms with Crippen LogP contribution in [0.1, 0.15) is 37.8 Å². The lowest BCUT2D eigenvalue weighted by Crippen LogP contribution is -2.37. The second-order valence-electron chi connectivity index (χ2n) is 6.41. The highest BCUT2D eigenvalue weighted by Crippen LogP contribution is 2.32. The van der Waals surface area contributed by atoms with Crippen LogP contribution in [-0.4, -0.2) is 50.5 Å². The molecule has 0 spiro atoms. The topological polar surface area (TPSA) is 108 Å². The van der Waals surface area contributed by atoms with E-state index in [1.54, 1.807) is 36.2 Å². The fourth-order valence-corrected chi connectivity index (χ4v) is 3.58. The Balaban J connectivity index is 1.74. The van der Waals surface area contributed by atoms with Crippen LogP contribution in [-0.2, 0) is 13.0 Å². The number of aromatic carboxylic acids is 1. The zero-order valence-corrected chi connectivity index (χ0v) is 14.9. The number of aryl methyl sites for hydroxylation is 1. The van der Waals surface area contributed by atoms with E-state index in [-0.39, 0.29) is 18.0 Å². The highest BCUT2D eigenvalue weighted by atomic mass is 16.5. The zero-order chi connectivity index (χ0) is 19.1. The van der Waals surface area contributed by atoms with Gasteiger partial charge in [0.2, 0.25) is 0 Å². The average Bonchev–Trinajstić information content (AvgIpc) is 3.13. The highest BCUT2D eigenvalue weighted by Gasteiger charge is 2.29. The molecule has 2 aromatic heterocycles. The molecule has 3 heterocycles. The van der Waals surface area contributed by atoms with E-state index in [1.807, 2.05) is 0 Å². The van der Waals surface area contributed by atoms with Crippen LogP contribution < -0.4 is 4.74 Å². The van der Waals surface area contributed by atoms with Gasteiger partial charge < -0.3 is 19.7 Å². The number of rotatable bonds is 3. The Morgan fingerprint density at radius 2 is 2.04 bits per heavy atom. The zero-order valence-electron chi connectivity index (χ0n) is 14.9. The fraction of sp³-hybridized carbons (Fsp3) is 0.263. The highest BCUT2D eigenvalue weighted by molar-refractivity contribution is 6.03. The molecule has 27 heavy (non-hydrogen) atoms. The number of aromatic nitrogens is 3. The molecule has 138 valence electrons. The molecular formula is C19H18N4O4. The molecule has 1 aliphatic rings. The molecule has 1 amide bonds. The van der Waals surface area contributed by atoms with Crippen molar-refractivity contribution in [1.82, 2.24) is 19.9 Å². The number of amides is 1. The number of methoxy groups -OCH3 is 1. The van der Waals surface area contributed by atoms with Crippen LogP contribution >= 0.6 is 0 Å². The number of H-pyrrole nitrogens is 1. The molecule has 2 N–H and O–H groups in total. The van der Waals surface area contributed by atoms with Crippen molar-refractivity contribution in [2.24, 2.45) is 0 Å². The number of ether oxygens (including phenoxy) is 1. The summed E-state index contributed by atoms with van der Waals surface area (Å²) < 4.78 is 5.40. The molecule has 0 atom stereocenters. The number of carbonyl (C=O) groups excluding carboxylic acids is 1. The van der Waals surface area contributed by atoms with Gasteiger partial charge in [0.15, 0.2) is 0 Å². The summed E-state index contributed by atoms with van der Waals surface area (Å²) in [6.45, 7) is 2.42. The normalized spacial score (nSPS) is 13.5. The number of fused-ring (bicyclic) bond motifs is 2. The lowest BCUT2D eigenvalue weighted by atomic mass is 9.93. The summed E-state index contributed by atoms with van der Waals surface area (Å²) in [5.74, 6) is -0.0951. The predicted molar refractivity (Wildman–Crippen MR) is 97.0 cm³/mol. The van der Waals surface area contributed by atoms with Crippen molar-refractivity contribution >= 4 is 22.9 Å². The number of aromatic amines is 1. The van der Waals surface area contributed by atoms with E-state index in [0.717, 1.165) is 11.1 Å². The molecule has 8 heteroatoms. The Morgan fingerprint density at radius 1 is 1.22 bits per heavy atom. The average molecular weight is 366 g/mol. The number of carbonyl (C=O) groups is 2. The van der Waals surface area contributed by atoms with Crippen molar-refractivity contribution < 1.29 is 19.4 Å². The van der Waals surface area contributed by atoms with Gasteiger partial charge in [-0.2, -0.15) is 0 Å². The third-order valence-electron chi connectivity index (χ3n) is 4.84. The first-order valence-corrected chi connectivity index (χ1v) is 8.52. The minimum absolute atomic E-state index is 0.210. The quantitative estimate of drug-likeness (QED) is 0.735. The number of hydrogen-bond donors (Lipinski definition) is 2. The van der Waals surface area contributed by atoms with Gasteiger partial charge in [-0.15, -0.1) is 0 Å². The fourth-order valence-electron chi connectivity index (χ4n) is 3.58. The van der Waals surface area contributed by atoms with E-state index in [1.165, 1.54) is 7.11 Å². The van der Waals surface area contributed by atoms with Gasteiger partial charge in [0.1, 0.15) is 22.9 Å². The monoisotopic (exact) mass is 366 g/mol. The summed E-state index contributed by atoms with van der Waals surface area (Å²) in [7, 11) is 1.54. The van der Waals surface area contributed by atoms with Crippen molar-refractivity contribution in [2.75, 3.05) is 13.7 Å². The second-order valence-corrected chi connectivity index (χ2v) is 6.41. The Bertz CT molecular complexity index is 1070. The summed E-state index contributed by atoms with van der Waals surface area (Å²) in [5, 5.41) is 10.1. The Kier molecular flexibility index (Phi) is 4.02. The first kappa shape index (κ1) is 17.0. The minimum Gasteiger partial charge on any atom is -0.496 e. The molecular weight excluding hydrogens is 348 g/mol. The summed E-state index contributed by atoms with van der Waals surface area (Å²) in [4.78, 5) is 38.0. The molecule has 0 aliphatic carbocycles. The standard InChI is InChI=1S/C19H18N4O4/c1-10-21-16(13-5-7-20-17(13)22-10)18(24)23-8-6-11-12(19(25)26)3-4-15(27-2)14(11)9-23/h3-5,7H,6,8-9H2,1-2H3,(H,25,26)(H,20,21,22). The van der Waals surface area contributed by atoms with Gasteiger partial charge in [0.25, 0.3) is 5.91 Å². The third-order valence-corrected chi connectivity index (χ3v) is 4.84. The van der Waals surface area contributed by atoms with Crippen LogP contribution in [0.4, 0.5) is 0 Å². The number of carboxylic acids is 1. The van der Waals surface area contributed by atoms with E-state index in [0.29, 0.717) is 41.3 Å². The maximum Gasteiger partial charge on any atom is 0.335 e. The van der Waals surface area contributed by atoms with Crippen molar-refractivity contribution in [1.29, 1.82) is 0 Å². The smallest absolute Gasteiger partial charge is 0.335 e. The number of nitrogens with one attached hydrogen (secondary N) is 1. The largest absolute Gasteiger partial charge is 0.496 e. The second kappa shape index (κ2) is 6.39. The Hall–Kier alpha value is -3.42. The van der Waals surface area contributed by atoms with Crippen LogP contribution in [0.25, 0.3) is 11.0 Å². The molecule has 0 bridgehead atoms. The SMILES string of the molecule is COc1ccc(C(=O)O)c2c1CN(C(=O)c1nc(C)nc3[nH]ccc13)CC2. The van der Waals surface area contributed by atoms with Gasteiger partial charge in [0, 0.05) is 24.8 Å². The summed E-state index contributed by atoms with van der Waals surface area (Å²) >= 11 is 0. The molecule has 3 aromatic rings. The molecule has 0 saturated heterocycles. The van der Waals surface area contributed by atoms with Crippen LogP contribution in [0, 0.1) is 6.92 Å². The third kappa shape index (κ3) is 2.79.